The molecule has 28 heavy (non-hydrogen) atoms. The summed E-state index contributed by atoms with van der Waals surface area (Å²) in [6.07, 6.45) is 0.920. The Hall–Kier alpha value is -2.58. The van der Waals surface area contributed by atoms with Crippen molar-refractivity contribution in [3.8, 4) is 0 Å². The lowest BCUT2D eigenvalue weighted by molar-refractivity contribution is -0.115. The first-order valence-corrected chi connectivity index (χ1v) is 10.5. The molecule has 2 aromatic rings. The Morgan fingerprint density at radius 1 is 1.11 bits per heavy atom. The maximum absolute atomic E-state index is 12.7. The Bertz CT molecular complexity index is 987. The van der Waals surface area contributed by atoms with Gasteiger partial charge in [0.25, 0.3) is 0 Å². The van der Waals surface area contributed by atoms with Gasteiger partial charge in [0, 0.05) is 40.4 Å². The topological polar surface area (TPSA) is 73.0 Å². The lowest BCUT2D eigenvalue weighted by Crippen LogP contribution is -2.32. The van der Waals surface area contributed by atoms with Crippen LogP contribution in [0.3, 0.4) is 0 Å². The number of rotatable bonds is 6. The third-order valence-corrected chi connectivity index (χ3v) is 6.63. The molecule has 150 valence electrons. The molecule has 2 aromatic carbocycles. The predicted molar refractivity (Wildman–Crippen MR) is 113 cm³/mol. The normalized spacial score (nSPS) is 13.5. The number of benzene rings is 2. The molecule has 7 nitrogen and oxygen atoms in total. The van der Waals surface area contributed by atoms with Crippen LogP contribution in [0.1, 0.15) is 5.56 Å². The number of amides is 1. The number of nitrogens with zero attached hydrogens (tertiary/aromatic N) is 3. The highest BCUT2D eigenvalue weighted by Crippen LogP contribution is 2.30. The first-order valence-electron chi connectivity index (χ1n) is 9.07. The molecule has 0 aliphatic carbocycles. The lowest BCUT2D eigenvalue weighted by atomic mass is 10.2. The molecule has 1 aliphatic rings. The van der Waals surface area contributed by atoms with Crippen molar-refractivity contribution < 1.29 is 13.2 Å². The smallest absolute Gasteiger partial charge is 0.243 e. The zero-order valence-electron chi connectivity index (χ0n) is 16.6. The molecule has 1 amide bonds. The number of hydrogen-bond acceptors (Lipinski definition) is 5. The van der Waals surface area contributed by atoms with Crippen LogP contribution in [0.25, 0.3) is 0 Å². The lowest BCUT2D eigenvalue weighted by Gasteiger charge is -2.22. The second-order valence-corrected chi connectivity index (χ2v) is 9.36. The van der Waals surface area contributed by atoms with E-state index in [4.69, 9.17) is 0 Å². The van der Waals surface area contributed by atoms with Gasteiger partial charge in [0.15, 0.2) is 0 Å². The van der Waals surface area contributed by atoms with Crippen LogP contribution in [0, 0.1) is 0 Å². The molecule has 0 atom stereocenters. The second kappa shape index (κ2) is 7.81. The minimum Gasteiger partial charge on any atom is -0.376 e. The van der Waals surface area contributed by atoms with Gasteiger partial charge >= 0.3 is 0 Å². The van der Waals surface area contributed by atoms with E-state index in [2.05, 4.69) is 11.4 Å². The van der Waals surface area contributed by atoms with Gasteiger partial charge in [0.2, 0.25) is 15.9 Å². The Morgan fingerprint density at radius 2 is 1.82 bits per heavy atom. The van der Waals surface area contributed by atoms with Crippen LogP contribution < -0.4 is 15.1 Å². The molecule has 0 fully saturated rings. The van der Waals surface area contributed by atoms with Crippen molar-refractivity contribution in [2.24, 2.45) is 0 Å². The molecule has 0 aromatic heterocycles. The minimum absolute atomic E-state index is 0.143. The third-order valence-electron chi connectivity index (χ3n) is 4.82. The maximum atomic E-state index is 12.7. The number of carbonyl (C=O) groups is 1. The number of sulfonamides is 1. The highest BCUT2D eigenvalue weighted by atomic mass is 32.2. The van der Waals surface area contributed by atoms with E-state index in [-0.39, 0.29) is 17.3 Å². The molecule has 0 bridgehead atoms. The van der Waals surface area contributed by atoms with Crippen LogP contribution in [0.2, 0.25) is 0 Å². The van der Waals surface area contributed by atoms with Crippen LogP contribution >= 0.6 is 0 Å². The molecular weight excluding hydrogens is 376 g/mol. The standard InChI is InChI=1S/C20H26N4O3S/c1-22(2)19-10-9-16(28(26,27)23(3)4)13-17(19)21-20(25)14-24-12-11-15-7-5-6-8-18(15)24/h5-10,13H,11-12,14H2,1-4H3,(H,21,25). The van der Waals surface area contributed by atoms with Crippen molar-refractivity contribution in [3.05, 3.63) is 48.0 Å². The Balaban J connectivity index is 1.83. The van der Waals surface area contributed by atoms with Gasteiger partial charge in [-0.3, -0.25) is 4.79 Å². The molecule has 0 radical (unpaired) electrons. The Morgan fingerprint density at radius 3 is 2.50 bits per heavy atom. The first kappa shape index (κ1) is 20.2. The quantitative estimate of drug-likeness (QED) is 0.800. The third kappa shape index (κ3) is 3.98. The number of para-hydroxylation sites is 1. The molecule has 1 aliphatic heterocycles. The average Bonchev–Trinajstić information content (AvgIpc) is 3.04. The Labute approximate surface area is 166 Å². The van der Waals surface area contributed by atoms with Gasteiger partial charge in [0.05, 0.1) is 22.8 Å². The number of fused-ring (bicyclic) bond motifs is 1. The molecule has 0 saturated carbocycles. The van der Waals surface area contributed by atoms with Gasteiger partial charge in [-0.05, 0) is 36.2 Å². The van der Waals surface area contributed by atoms with Crippen molar-refractivity contribution in [2.75, 3.05) is 56.4 Å². The van der Waals surface area contributed by atoms with Crippen molar-refractivity contribution in [3.63, 3.8) is 0 Å². The molecule has 0 saturated heterocycles. The second-order valence-electron chi connectivity index (χ2n) is 7.21. The van der Waals surface area contributed by atoms with Gasteiger partial charge in [-0.25, -0.2) is 12.7 Å². The summed E-state index contributed by atoms with van der Waals surface area (Å²) in [4.78, 5) is 16.7. The van der Waals surface area contributed by atoms with E-state index in [0.717, 1.165) is 28.6 Å². The van der Waals surface area contributed by atoms with Gasteiger partial charge < -0.3 is 15.1 Å². The van der Waals surface area contributed by atoms with Crippen LogP contribution in [-0.2, 0) is 21.2 Å². The summed E-state index contributed by atoms with van der Waals surface area (Å²) in [5, 5.41) is 2.90. The zero-order valence-corrected chi connectivity index (χ0v) is 17.5. The summed E-state index contributed by atoms with van der Waals surface area (Å²) in [6, 6.07) is 12.8. The van der Waals surface area contributed by atoms with Crippen molar-refractivity contribution in [1.29, 1.82) is 0 Å². The summed E-state index contributed by atoms with van der Waals surface area (Å²) in [5.41, 5.74) is 3.54. The maximum Gasteiger partial charge on any atom is 0.243 e. The summed E-state index contributed by atoms with van der Waals surface area (Å²) in [6.45, 7) is 1.01. The van der Waals surface area contributed by atoms with E-state index in [1.54, 1.807) is 12.1 Å². The largest absolute Gasteiger partial charge is 0.376 e. The fourth-order valence-corrected chi connectivity index (χ4v) is 4.24. The number of carbonyl (C=O) groups excluding carboxylic acids is 1. The van der Waals surface area contributed by atoms with E-state index in [1.165, 1.54) is 25.7 Å². The molecular formula is C20H26N4O3S. The first-order chi connectivity index (χ1) is 13.2. The highest BCUT2D eigenvalue weighted by molar-refractivity contribution is 7.89. The van der Waals surface area contributed by atoms with E-state index >= 15 is 0 Å². The predicted octanol–water partition coefficient (Wildman–Crippen LogP) is 2.00. The van der Waals surface area contributed by atoms with Crippen LogP contribution in [0.15, 0.2) is 47.4 Å². The summed E-state index contributed by atoms with van der Waals surface area (Å²) in [5.74, 6) is -0.181. The molecule has 0 spiro atoms. The van der Waals surface area contributed by atoms with Crippen LogP contribution in [0.5, 0.6) is 0 Å². The minimum atomic E-state index is -3.59. The highest BCUT2D eigenvalue weighted by Gasteiger charge is 2.23. The summed E-state index contributed by atoms with van der Waals surface area (Å²) < 4.78 is 26.1. The fraction of sp³-hybridized carbons (Fsp3) is 0.350. The molecule has 3 rings (SSSR count). The SMILES string of the molecule is CN(C)c1ccc(S(=O)(=O)N(C)C)cc1NC(=O)CN1CCc2ccccc21. The van der Waals surface area contributed by atoms with Gasteiger partial charge in [-0.1, -0.05) is 18.2 Å². The molecule has 8 heteroatoms. The van der Waals surface area contributed by atoms with Crippen molar-refractivity contribution in [1.82, 2.24) is 4.31 Å². The van der Waals surface area contributed by atoms with Gasteiger partial charge in [-0.15, -0.1) is 0 Å². The molecule has 0 unspecified atom stereocenters. The van der Waals surface area contributed by atoms with E-state index in [0.29, 0.717) is 5.69 Å². The zero-order chi connectivity index (χ0) is 20.5. The van der Waals surface area contributed by atoms with Gasteiger partial charge in [-0.2, -0.15) is 0 Å². The van der Waals surface area contributed by atoms with Crippen LogP contribution in [-0.4, -0.2) is 59.9 Å². The molecule has 1 heterocycles. The van der Waals surface area contributed by atoms with E-state index in [9.17, 15) is 13.2 Å². The summed E-state index contributed by atoms with van der Waals surface area (Å²) in [7, 11) is 3.08. The summed E-state index contributed by atoms with van der Waals surface area (Å²) >= 11 is 0. The van der Waals surface area contributed by atoms with Crippen molar-refractivity contribution >= 4 is 33.0 Å². The van der Waals surface area contributed by atoms with Gasteiger partial charge in [0.1, 0.15) is 0 Å². The number of anilines is 3. The monoisotopic (exact) mass is 402 g/mol. The van der Waals surface area contributed by atoms with Crippen molar-refractivity contribution in [2.45, 2.75) is 11.3 Å². The number of nitrogens with one attached hydrogen (secondary N) is 1. The van der Waals surface area contributed by atoms with E-state index < -0.39 is 10.0 Å². The average molecular weight is 403 g/mol. The fourth-order valence-electron chi connectivity index (χ4n) is 3.31. The van der Waals surface area contributed by atoms with E-state index in [1.807, 2.05) is 42.1 Å². The molecule has 1 N–H and O–H groups in total. The van der Waals surface area contributed by atoms with Crippen LogP contribution in [0.4, 0.5) is 17.1 Å². The Kier molecular flexibility index (Phi) is 5.62. The number of hydrogen-bond donors (Lipinski definition) is 1.